The molecule has 1 aromatic heterocycles. The van der Waals surface area contributed by atoms with Crippen LogP contribution in [0.5, 0.6) is 0 Å². The molecule has 5 heteroatoms. The maximum Gasteiger partial charge on any atom is 0.263 e. The molecular weight excluding hydrogens is 272 g/mol. The van der Waals surface area contributed by atoms with Gasteiger partial charge in [0.1, 0.15) is 5.82 Å². The van der Waals surface area contributed by atoms with Gasteiger partial charge in [-0.15, -0.1) is 0 Å². The van der Waals surface area contributed by atoms with Crippen molar-refractivity contribution in [3.8, 4) is 0 Å². The largest absolute Gasteiger partial charge is 0.263 e. The molecule has 20 heavy (non-hydrogen) atoms. The molecule has 2 aromatic rings. The molecule has 1 aromatic carbocycles. The number of nitrogens with one attached hydrogen (secondary N) is 1. The summed E-state index contributed by atoms with van der Waals surface area (Å²) in [6.07, 6.45) is 1.55. The first-order valence-electron chi connectivity index (χ1n) is 6.34. The van der Waals surface area contributed by atoms with E-state index in [0.29, 0.717) is 10.7 Å². The third-order valence-electron chi connectivity index (χ3n) is 3.63. The third-order valence-corrected chi connectivity index (χ3v) is 5.11. The van der Waals surface area contributed by atoms with Crippen LogP contribution in [0.25, 0.3) is 0 Å². The Morgan fingerprint density at radius 3 is 2.30 bits per heavy atom. The van der Waals surface area contributed by atoms with Gasteiger partial charge in [0, 0.05) is 6.20 Å². The number of anilines is 1. The number of hydrogen-bond donors (Lipinski definition) is 1. The van der Waals surface area contributed by atoms with Crippen LogP contribution in [-0.4, -0.2) is 13.4 Å². The molecule has 0 atom stereocenters. The second-order valence-electron chi connectivity index (χ2n) is 4.89. The molecule has 0 aliphatic heterocycles. The maximum absolute atomic E-state index is 12.5. The topological polar surface area (TPSA) is 59.1 Å². The zero-order valence-electron chi connectivity index (χ0n) is 12.1. The fourth-order valence-electron chi connectivity index (χ4n) is 2.07. The molecule has 0 unspecified atom stereocenters. The molecule has 4 nitrogen and oxygen atoms in total. The van der Waals surface area contributed by atoms with Gasteiger partial charge < -0.3 is 0 Å². The number of hydrogen-bond acceptors (Lipinski definition) is 3. The molecule has 1 N–H and O–H groups in total. The molecule has 0 amide bonds. The summed E-state index contributed by atoms with van der Waals surface area (Å²) in [6.45, 7) is 7.69. The fraction of sp³-hybridized carbons (Fsp3) is 0.267. The van der Waals surface area contributed by atoms with Gasteiger partial charge in [0.05, 0.1) is 4.90 Å². The second-order valence-corrected chi connectivity index (χ2v) is 6.54. The summed E-state index contributed by atoms with van der Waals surface area (Å²) < 4.78 is 27.5. The summed E-state index contributed by atoms with van der Waals surface area (Å²) in [5.41, 5.74) is 3.87. The van der Waals surface area contributed by atoms with Crippen molar-refractivity contribution in [2.45, 2.75) is 32.6 Å². The van der Waals surface area contributed by atoms with Gasteiger partial charge in [-0.25, -0.2) is 13.4 Å². The molecule has 2 rings (SSSR count). The van der Waals surface area contributed by atoms with E-state index in [4.69, 9.17) is 0 Å². The number of benzene rings is 1. The van der Waals surface area contributed by atoms with E-state index < -0.39 is 10.0 Å². The highest BCUT2D eigenvalue weighted by Gasteiger charge is 2.20. The van der Waals surface area contributed by atoms with Crippen LogP contribution in [-0.2, 0) is 10.0 Å². The number of aryl methyl sites for hydroxylation is 1. The van der Waals surface area contributed by atoms with E-state index in [1.165, 1.54) is 0 Å². The smallest absolute Gasteiger partial charge is 0.263 e. The first-order chi connectivity index (χ1) is 9.33. The molecule has 0 radical (unpaired) electrons. The molecule has 0 spiro atoms. The van der Waals surface area contributed by atoms with Crippen LogP contribution in [0.3, 0.4) is 0 Å². The zero-order chi connectivity index (χ0) is 14.9. The van der Waals surface area contributed by atoms with E-state index in [2.05, 4.69) is 9.71 Å². The maximum atomic E-state index is 12.5. The van der Waals surface area contributed by atoms with Gasteiger partial charge in [-0.1, -0.05) is 6.07 Å². The van der Waals surface area contributed by atoms with Gasteiger partial charge in [-0.2, -0.15) is 0 Å². The van der Waals surface area contributed by atoms with Crippen LogP contribution in [0.2, 0.25) is 0 Å². The van der Waals surface area contributed by atoms with Crippen LogP contribution < -0.4 is 4.72 Å². The predicted octanol–water partition coefficient (Wildman–Crippen LogP) is 3.12. The van der Waals surface area contributed by atoms with Crippen molar-refractivity contribution in [2.75, 3.05) is 4.72 Å². The molecule has 1 heterocycles. The summed E-state index contributed by atoms with van der Waals surface area (Å²) in [5.74, 6) is 0.322. The molecule has 0 fully saturated rings. The summed E-state index contributed by atoms with van der Waals surface area (Å²) in [4.78, 5) is 4.30. The van der Waals surface area contributed by atoms with E-state index >= 15 is 0 Å². The minimum absolute atomic E-state index is 0.309. The summed E-state index contributed by atoms with van der Waals surface area (Å²) >= 11 is 0. The molecule has 0 saturated heterocycles. The highest BCUT2D eigenvalue weighted by Crippen LogP contribution is 2.26. The number of nitrogens with zero attached hydrogens (tertiary/aromatic N) is 1. The Labute approximate surface area is 119 Å². The minimum atomic E-state index is -3.62. The third kappa shape index (κ3) is 2.67. The number of sulfonamides is 1. The Balaban J connectivity index is 2.51. The Morgan fingerprint density at radius 2 is 1.70 bits per heavy atom. The standard InChI is InChI=1S/C15H18N2O2S/c1-10-9-14(13(4)12(3)11(10)2)20(18,19)17-15-7-5-6-8-16-15/h5-9H,1-4H3,(H,16,17). The Bertz CT molecular complexity index is 738. The highest BCUT2D eigenvalue weighted by molar-refractivity contribution is 7.92. The lowest BCUT2D eigenvalue weighted by molar-refractivity contribution is 0.600. The summed E-state index contributed by atoms with van der Waals surface area (Å²) in [7, 11) is -3.62. The lowest BCUT2D eigenvalue weighted by Crippen LogP contribution is -2.16. The molecular formula is C15H18N2O2S. The molecule has 0 aliphatic rings. The van der Waals surface area contributed by atoms with Gasteiger partial charge in [-0.05, 0) is 68.1 Å². The van der Waals surface area contributed by atoms with Crippen molar-refractivity contribution >= 4 is 15.8 Å². The van der Waals surface area contributed by atoms with Crippen molar-refractivity contribution in [3.63, 3.8) is 0 Å². The Kier molecular flexibility index (Phi) is 3.81. The van der Waals surface area contributed by atoms with Crippen LogP contribution >= 0.6 is 0 Å². The van der Waals surface area contributed by atoms with E-state index in [1.54, 1.807) is 30.5 Å². The van der Waals surface area contributed by atoms with Crippen LogP contribution in [0.1, 0.15) is 22.3 Å². The summed E-state index contributed by atoms with van der Waals surface area (Å²) in [5, 5.41) is 0. The normalized spacial score (nSPS) is 11.4. The van der Waals surface area contributed by atoms with Crippen molar-refractivity contribution in [1.29, 1.82) is 0 Å². The van der Waals surface area contributed by atoms with E-state index in [1.807, 2.05) is 27.7 Å². The molecule has 0 bridgehead atoms. The van der Waals surface area contributed by atoms with Crippen LogP contribution in [0, 0.1) is 27.7 Å². The lowest BCUT2D eigenvalue weighted by Gasteiger charge is -2.15. The van der Waals surface area contributed by atoms with Crippen molar-refractivity contribution in [2.24, 2.45) is 0 Å². The van der Waals surface area contributed by atoms with E-state index in [0.717, 1.165) is 22.3 Å². The molecule has 0 saturated carbocycles. The highest BCUT2D eigenvalue weighted by atomic mass is 32.2. The van der Waals surface area contributed by atoms with Gasteiger partial charge in [-0.3, -0.25) is 4.72 Å². The number of aromatic nitrogens is 1. The average Bonchev–Trinajstić information content (AvgIpc) is 2.41. The van der Waals surface area contributed by atoms with Crippen molar-refractivity contribution < 1.29 is 8.42 Å². The first-order valence-corrected chi connectivity index (χ1v) is 7.82. The summed E-state index contributed by atoms with van der Waals surface area (Å²) in [6, 6.07) is 6.82. The minimum Gasteiger partial charge on any atom is -0.263 e. The molecule has 0 aliphatic carbocycles. The van der Waals surface area contributed by atoms with E-state index in [9.17, 15) is 8.42 Å². The number of pyridine rings is 1. The van der Waals surface area contributed by atoms with Crippen LogP contribution in [0.15, 0.2) is 35.4 Å². The Hall–Kier alpha value is -1.88. The molecule has 106 valence electrons. The van der Waals surface area contributed by atoms with Crippen molar-refractivity contribution in [3.05, 3.63) is 52.7 Å². The zero-order valence-corrected chi connectivity index (χ0v) is 12.9. The number of rotatable bonds is 3. The van der Waals surface area contributed by atoms with Crippen LogP contribution in [0.4, 0.5) is 5.82 Å². The first kappa shape index (κ1) is 14.5. The fourth-order valence-corrected chi connectivity index (χ4v) is 3.46. The van der Waals surface area contributed by atoms with Gasteiger partial charge in [0.2, 0.25) is 0 Å². The monoisotopic (exact) mass is 290 g/mol. The lowest BCUT2D eigenvalue weighted by atomic mass is 10.00. The van der Waals surface area contributed by atoms with Gasteiger partial charge >= 0.3 is 0 Å². The Morgan fingerprint density at radius 1 is 1.00 bits per heavy atom. The average molecular weight is 290 g/mol. The van der Waals surface area contributed by atoms with Gasteiger partial charge in [0.15, 0.2) is 0 Å². The van der Waals surface area contributed by atoms with E-state index in [-0.39, 0.29) is 0 Å². The van der Waals surface area contributed by atoms with Crippen molar-refractivity contribution in [1.82, 2.24) is 4.98 Å². The quantitative estimate of drug-likeness (QED) is 0.945. The predicted molar refractivity (Wildman–Crippen MR) is 80.4 cm³/mol. The van der Waals surface area contributed by atoms with Gasteiger partial charge in [0.25, 0.3) is 10.0 Å². The second kappa shape index (κ2) is 5.25. The SMILES string of the molecule is Cc1cc(S(=O)(=O)Nc2ccccn2)c(C)c(C)c1C.